The molecular weight excluding hydrogens is 282 g/mol. The molecule has 112 valence electrons. The molecule has 20 heavy (non-hydrogen) atoms. The molecule has 1 aliphatic carbocycles. The highest BCUT2D eigenvalue weighted by Gasteiger charge is 2.24. The average molecular weight is 301 g/mol. The van der Waals surface area contributed by atoms with Gasteiger partial charge in [0.25, 0.3) is 0 Å². The molecule has 6 nitrogen and oxygen atoms in total. The maximum absolute atomic E-state index is 12.2. The van der Waals surface area contributed by atoms with Crippen molar-refractivity contribution in [2.24, 2.45) is 0 Å². The molecule has 2 rings (SSSR count). The third-order valence-corrected chi connectivity index (χ3v) is 5.04. The first kappa shape index (κ1) is 15.4. The minimum absolute atomic E-state index is 0.0908. The van der Waals surface area contributed by atoms with E-state index in [-0.39, 0.29) is 22.6 Å². The smallest absolute Gasteiger partial charge is 0.240 e. The predicted molar refractivity (Wildman–Crippen MR) is 72.2 cm³/mol. The quantitative estimate of drug-likeness (QED) is 0.597. The lowest BCUT2D eigenvalue weighted by molar-refractivity contribution is -0.0425. The van der Waals surface area contributed by atoms with Gasteiger partial charge >= 0.3 is 0 Å². The van der Waals surface area contributed by atoms with Gasteiger partial charge in [-0.15, -0.1) is 0 Å². The molecule has 0 amide bonds. The molecule has 0 spiro atoms. The Labute approximate surface area is 118 Å². The van der Waals surface area contributed by atoms with Gasteiger partial charge < -0.3 is 15.3 Å². The van der Waals surface area contributed by atoms with Gasteiger partial charge in [0, 0.05) is 11.6 Å². The second-order valence-electron chi connectivity index (χ2n) is 5.07. The summed E-state index contributed by atoms with van der Waals surface area (Å²) in [5.41, 5.74) is 0.240. The Bertz CT molecular complexity index is 532. The van der Waals surface area contributed by atoms with E-state index in [0.29, 0.717) is 25.7 Å². The van der Waals surface area contributed by atoms with E-state index in [1.165, 1.54) is 24.3 Å². The standard InChI is InChI=1S/C13H19NO5S/c15-11-5-3-10(4-6-11)14-20(18,19)12-7-1-9(2-8-12)13(16)17/h1-2,7-8,10-11,13-17H,3-6H2. The largest absolute Gasteiger partial charge is 0.393 e. The van der Waals surface area contributed by atoms with Crippen LogP contribution in [0.3, 0.4) is 0 Å². The summed E-state index contributed by atoms with van der Waals surface area (Å²) in [5, 5.41) is 27.3. The van der Waals surface area contributed by atoms with Gasteiger partial charge in [0.05, 0.1) is 11.0 Å². The lowest BCUT2D eigenvalue weighted by Crippen LogP contribution is -2.38. The monoisotopic (exact) mass is 301 g/mol. The molecule has 4 N–H and O–H groups in total. The van der Waals surface area contributed by atoms with E-state index in [2.05, 4.69) is 4.72 Å². The van der Waals surface area contributed by atoms with Crippen molar-refractivity contribution in [1.29, 1.82) is 0 Å². The van der Waals surface area contributed by atoms with E-state index >= 15 is 0 Å². The number of nitrogens with one attached hydrogen (secondary N) is 1. The van der Waals surface area contributed by atoms with Crippen molar-refractivity contribution in [3.05, 3.63) is 29.8 Å². The summed E-state index contributed by atoms with van der Waals surface area (Å²) >= 11 is 0. The maximum Gasteiger partial charge on any atom is 0.240 e. The molecule has 1 aromatic rings. The molecule has 0 aliphatic heterocycles. The van der Waals surface area contributed by atoms with Crippen LogP contribution in [0.15, 0.2) is 29.2 Å². The highest BCUT2D eigenvalue weighted by Crippen LogP contribution is 2.21. The second-order valence-corrected chi connectivity index (χ2v) is 6.78. The molecule has 1 fully saturated rings. The van der Waals surface area contributed by atoms with Crippen LogP contribution < -0.4 is 4.72 Å². The molecule has 0 unspecified atom stereocenters. The van der Waals surface area contributed by atoms with E-state index in [4.69, 9.17) is 10.2 Å². The fourth-order valence-corrected chi connectivity index (χ4v) is 3.61. The van der Waals surface area contributed by atoms with Crippen LogP contribution in [0.25, 0.3) is 0 Å². The molecule has 0 aromatic heterocycles. The lowest BCUT2D eigenvalue weighted by Gasteiger charge is -2.26. The summed E-state index contributed by atoms with van der Waals surface area (Å²) in [7, 11) is -3.61. The molecule has 1 aromatic carbocycles. The van der Waals surface area contributed by atoms with E-state index in [0.717, 1.165) is 0 Å². The molecular formula is C13H19NO5S. The number of hydrogen-bond donors (Lipinski definition) is 4. The van der Waals surface area contributed by atoms with Gasteiger partial charge in [-0.25, -0.2) is 13.1 Å². The van der Waals surface area contributed by atoms with Crippen LogP contribution >= 0.6 is 0 Å². The van der Waals surface area contributed by atoms with Crippen molar-refractivity contribution in [3.8, 4) is 0 Å². The summed E-state index contributed by atoms with van der Waals surface area (Å²) in [5.74, 6) is 0. The Kier molecular flexibility index (Phi) is 4.77. The van der Waals surface area contributed by atoms with E-state index in [1.807, 2.05) is 0 Å². The number of hydrogen-bond acceptors (Lipinski definition) is 5. The summed E-state index contributed by atoms with van der Waals surface area (Å²) in [6.07, 6.45) is 0.494. The first-order valence-electron chi connectivity index (χ1n) is 6.55. The third kappa shape index (κ3) is 3.77. The molecule has 0 bridgehead atoms. The highest BCUT2D eigenvalue weighted by molar-refractivity contribution is 7.89. The lowest BCUT2D eigenvalue weighted by atomic mass is 9.94. The minimum atomic E-state index is -3.61. The highest BCUT2D eigenvalue weighted by atomic mass is 32.2. The third-order valence-electron chi connectivity index (χ3n) is 3.51. The molecule has 7 heteroatoms. The van der Waals surface area contributed by atoms with Gasteiger partial charge in [-0.05, 0) is 37.8 Å². The maximum atomic E-state index is 12.2. The van der Waals surface area contributed by atoms with Crippen molar-refractivity contribution in [3.63, 3.8) is 0 Å². The Hall–Kier alpha value is -0.990. The van der Waals surface area contributed by atoms with E-state index < -0.39 is 16.3 Å². The minimum Gasteiger partial charge on any atom is -0.393 e. The Morgan fingerprint density at radius 1 is 1.05 bits per heavy atom. The van der Waals surface area contributed by atoms with Crippen molar-refractivity contribution in [2.45, 2.75) is 49.0 Å². The van der Waals surface area contributed by atoms with Crippen LogP contribution in [0.4, 0.5) is 0 Å². The molecule has 1 aliphatic rings. The molecule has 0 heterocycles. The number of rotatable bonds is 4. The van der Waals surface area contributed by atoms with Crippen LogP contribution in [0, 0.1) is 0 Å². The first-order valence-corrected chi connectivity index (χ1v) is 8.03. The van der Waals surface area contributed by atoms with Gasteiger partial charge in [0.15, 0.2) is 6.29 Å². The summed E-state index contributed by atoms with van der Waals surface area (Å²) < 4.78 is 26.9. The van der Waals surface area contributed by atoms with Crippen molar-refractivity contribution in [1.82, 2.24) is 4.72 Å². The Balaban J connectivity index is 2.06. The SMILES string of the molecule is O=S(=O)(NC1CCC(O)CC1)c1ccc(C(O)O)cc1. The average Bonchev–Trinajstić information content (AvgIpc) is 2.41. The predicted octanol–water partition coefficient (Wildman–Crippen LogP) is 0.252. The molecule has 0 radical (unpaired) electrons. The van der Waals surface area contributed by atoms with E-state index in [1.54, 1.807) is 0 Å². The molecule has 1 saturated carbocycles. The molecule has 0 saturated heterocycles. The van der Waals surface area contributed by atoms with Crippen molar-refractivity contribution >= 4 is 10.0 Å². The summed E-state index contributed by atoms with van der Waals surface area (Å²) in [6, 6.07) is 5.25. The zero-order valence-electron chi connectivity index (χ0n) is 10.9. The zero-order valence-corrected chi connectivity index (χ0v) is 11.8. The van der Waals surface area contributed by atoms with Crippen LogP contribution in [0.2, 0.25) is 0 Å². The fraction of sp³-hybridized carbons (Fsp3) is 0.538. The number of sulfonamides is 1. The fourth-order valence-electron chi connectivity index (χ4n) is 2.30. The van der Waals surface area contributed by atoms with Gasteiger partial charge in [0.2, 0.25) is 10.0 Å². The van der Waals surface area contributed by atoms with Gasteiger partial charge in [-0.3, -0.25) is 0 Å². The van der Waals surface area contributed by atoms with Crippen LogP contribution in [0.1, 0.15) is 37.5 Å². The Morgan fingerprint density at radius 3 is 2.10 bits per heavy atom. The second kappa shape index (κ2) is 6.19. The topological polar surface area (TPSA) is 107 Å². The zero-order chi connectivity index (χ0) is 14.8. The van der Waals surface area contributed by atoms with Crippen LogP contribution in [-0.4, -0.2) is 35.9 Å². The first-order chi connectivity index (χ1) is 9.38. The normalized spacial score (nSPS) is 24.0. The number of aliphatic hydroxyl groups excluding tert-OH is 2. The van der Waals surface area contributed by atoms with Gasteiger partial charge in [-0.2, -0.15) is 0 Å². The summed E-state index contributed by atoms with van der Waals surface area (Å²) in [4.78, 5) is 0.0908. The summed E-state index contributed by atoms with van der Waals surface area (Å²) in [6.45, 7) is 0. The van der Waals surface area contributed by atoms with E-state index in [9.17, 15) is 13.5 Å². The number of benzene rings is 1. The Morgan fingerprint density at radius 2 is 1.60 bits per heavy atom. The van der Waals surface area contributed by atoms with Crippen molar-refractivity contribution < 1.29 is 23.7 Å². The molecule has 0 atom stereocenters. The van der Waals surface area contributed by atoms with Crippen molar-refractivity contribution in [2.75, 3.05) is 0 Å². The van der Waals surface area contributed by atoms with Gasteiger partial charge in [0.1, 0.15) is 0 Å². The van der Waals surface area contributed by atoms with Crippen LogP contribution in [-0.2, 0) is 10.0 Å². The van der Waals surface area contributed by atoms with Gasteiger partial charge in [-0.1, -0.05) is 12.1 Å². The number of aliphatic hydroxyl groups is 3. The van der Waals surface area contributed by atoms with Crippen LogP contribution in [0.5, 0.6) is 0 Å².